The molecular formula is C19H23N3O2. The van der Waals surface area contributed by atoms with E-state index in [9.17, 15) is 9.59 Å². The topological polar surface area (TPSA) is 65.2 Å². The lowest BCUT2D eigenvalue weighted by atomic mass is 10.0. The van der Waals surface area contributed by atoms with Crippen molar-refractivity contribution in [1.82, 2.24) is 15.2 Å². The van der Waals surface area contributed by atoms with Gasteiger partial charge in [-0.15, -0.1) is 0 Å². The van der Waals surface area contributed by atoms with E-state index in [4.69, 9.17) is 0 Å². The Bertz CT molecular complexity index is 702. The number of hydrogen-bond donors (Lipinski definition) is 2. The van der Waals surface area contributed by atoms with Crippen LogP contribution in [0.2, 0.25) is 0 Å². The van der Waals surface area contributed by atoms with Gasteiger partial charge in [0.15, 0.2) is 0 Å². The molecule has 1 atom stereocenters. The number of nitrogens with zero attached hydrogens (tertiary/aromatic N) is 1. The lowest BCUT2D eigenvalue weighted by Crippen LogP contribution is -2.45. The summed E-state index contributed by atoms with van der Waals surface area (Å²) in [6.45, 7) is 3.38. The van der Waals surface area contributed by atoms with Crippen LogP contribution in [0.5, 0.6) is 0 Å². The highest BCUT2D eigenvalue weighted by atomic mass is 16.2. The smallest absolute Gasteiger partial charge is 0.253 e. The Labute approximate surface area is 142 Å². The van der Waals surface area contributed by atoms with Crippen LogP contribution in [0, 0.1) is 6.92 Å². The molecule has 1 aromatic carbocycles. The fourth-order valence-electron chi connectivity index (χ4n) is 3.14. The fraction of sp³-hybridized carbons (Fsp3) is 0.368. The largest absolute Gasteiger partial charge is 0.365 e. The third kappa shape index (κ3) is 3.50. The van der Waals surface area contributed by atoms with Gasteiger partial charge >= 0.3 is 0 Å². The van der Waals surface area contributed by atoms with Crippen LogP contribution in [-0.2, 0) is 4.79 Å². The van der Waals surface area contributed by atoms with Crippen LogP contribution in [0.3, 0.4) is 0 Å². The second kappa shape index (κ2) is 7.34. The van der Waals surface area contributed by atoms with Gasteiger partial charge in [0.2, 0.25) is 5.91 Å². The van der Waals surface area contributed by atoms with Crippen molar-refractivity contribution in [2.75, 3.05) is 13.1 Å². The highest BCUT2D eigenvalue weighted by Gasteiger charge is 2.29. The molecule has 5 heteroatoms. The van der Waals surface area contributed by atoms with E-state index in [2.05, 4.69) is 10.3 Å². The maximum atomic E-state index is 13.0. The molecule has 2 heterocycles. The number of carbonyl (C=O) groups excluding carboxylic acids is 2. The number of amides is 2. The first kappa shape index (κ1) is 16.3. The monoisotopic (exact) mass is 325 g/mol. The molecule has 1 aromatic heterocycles. The number of aromatic amines is 1. The van der Waals surface area contributed by atoms with Gasteiger partial charge in [0.1, 0.15) is 6.04 Å². The van der Waals surface area contributed by atoms with E-state index in [1.165, 1.54) is 0 Å². The first-order chi connectivity index (χ1) is 11.7. The third-order valence-corrected chi connectivity index (χ3v) is 4.52. The summed E-state index contributed by atoms with van der Waals surface area (Å²) in [5, 5.41) is 2.92. The molecule has 3 rings (SSSR count). The van der Waals surface area contributed by atoms with E-state index in [1.807, 2.05) is 42.2 Å². The SMILES string of the molecule is Cc1[nH]ccc1C(=O)NC(C(=O)N1CCCCC1)c1ccccc1. The summed E-state index contributed by atoms with van der Waals surface area (Å²) >= 11 is 0. The lowest BCUT2D eigenvalue weighted by Gasteiger charge is -2.31. The molecule has 1 aliphatic heterocycles. The summed E-state index contributed by atoms with van der Waals surface area (Å²) in [4.78, 5) is 30.5. The first-order valence-electron chi connectivity index (χ1n) is 8.45. The number of aryl methyl sites for hydroxylation is 1. The summed E-state index contributed by atoms with van der Waals surface area (Å²) in [6.07, 6.45) is 4.94. The Morgan fingerprint density at radius 1 is 1.08 bits per heavy atom. The number of H-pyrrole nitrogens is 1. The number of rotatable bonds is 4. The van der Waals surface area contributed by atoms with Gasteiger partial charge in [-0.2, -0.15) is 0 Å². The average molecular weight is 325 g/mol. The molecule has 1 saturated heterocycles. The van der Waals surface area contributed by atoms with E-state index in [0.29, 0.717) is 5.56 Å². The normalized spacial score (nSPS) is 15.8. The van der Waals surface area contributed by atoms with Gasteiger partial charge in [-0.05, 0) is 37.8 Å². The molecule has 0 bridgehead atoms. The van der Waals surface area contributed by atoms with Gasteiger partial charge in [0.25, 0.3) is 5.91 Å². The van der Waals surface area contributed by atoms with Crippen LogP contribution in [0.25, 0.3) is 0 Å². The van der Waals surface area contributed by atoms with Crippen LogP contribution in [0.15, 0.2) is 42.6 Å². The Hall–Kier alpha value is -2.56. The molecule has 2 N–H and O–H groups in total. The number of nitrogens with one attached hydrogen (secondary N) is 2. The van der Waals surface area contributed by atoms with Crippen molar-refractivity contribution in [3.05, 3.63) is 59.4 Å². The molecule has 1 unspecified atom stereocenters. The minimum absolute atomic E-state index is 0.0255. The minimum Gasteiger partial charge on any atom is -0.365 e. The summed E-state index contributed by atoms with van der Waals surface area (Å²) in [5.74, 6) is -0.254. The molecule has 0 aliphatic carbocycles. The second-order valence-electron chi connectivity index (χ2n) is 6.22. The molecule has 1 fully saturated rings. The summed E-state index contributed by atoms with van der Waals surface area (Å²) in [5.41, 5.74) is 2.18. The van der Waals surface area contributed by atoms with Crippen molar-refractivity contribution in [1.29, 1.82) is 0 Å². The van der Waals surface area contributed by atoms with Crippen molar-refractivity contribution in [3.8, 4) is 0 Å². The van der Waals surface area contributed by atoms with E-state index in [0.717, 1.165) is 43.6 Å². The second-order valence-corrected chi connectivity index (χ2v) is 6.22. The Kier molecular flexibility index (Phi) is 4.99. The van der Waals surface area contributed by atoms with Crippen LogP contribution < -0.4 is 5.32 Å². The number of aromatic nitrogens is 1. The van der Waals surface area contributed by atoms with Gasteiger partial charge in [-0.1, -0.05) is 30.3 Å². The van der Waals surface area contributed by atoms with Crippen molar-refractivity contribution >= 4 is 11.8 Å². The van der Waals surface area contributed by atoms with Crippen molar-refractivity contribution < 1.29 is 9.59 Å². The van der Waals surface area contributed by atoms with Crippen LogP contribution in [0.4, 0.5) is 0 Å². The van der Waals surface area contributed by atoms with Crippen LogP contribution in [-0.4, -0.2) is 34.8 Å². The molecular weight excluding hydrogens is 302 g/mol. The molecule has 5 nitrogen and oxygen atoms in total. The zero-order valence-electron chi connectivity index (χ0n) is 13.9. The van der Waals surface area contributed by atoms with E-state index in [-0.39, 0.29) is 11.8 Å². The van der Waals surface area contributed by atoms with E-state index in [1.54, 1.807) is 12.3 Å². The van der Waals surface area contributed by atoms with E-state index >= 15 is 0 Å². The quantitative estimate of drug-likeness (QED) is 0.908. The molecule has 0 radical (unpaired) electrons. The highest BCUT2D eigenvalue weighted by Crippen LogP contribution is 2.20. The van der Waals surface area contributed by atoms with Gasteiger partial charge in [0.05, 0.1) is 5.56 Å². The van der Waals surface area contributed by atoms with Crippen molar-refractivity contribution in [3.63, 3.8) is 0 Å². The maximum Gasteiger partial charge on any atom is 0.253 e. The molecule has 2 amide bonds. The standard InChI is InChI=1S/C19H23N3O2/c1-14-16(10-11-20-14)18(23)21-17(15-8-4-2-5-9-15)19(24)22-12-6-3-7-13-22/h2,4-5,8-11,17,20H,3,6-7,12-13H2,1H3,(H,21,23). The number of carbonyl (C=O) groups is 2. The summed E-state index contributed by atoms with van der Waals surface area (Å²) in [6, 6.07) is 10.5. The Morgan fingerprint density at radius 2 is 1.79 bits per heavy atom. The number of hydrogen-bond acceptors (Lipinski definition) is 2. The third-order valence-electron chi connectivity index (χ3n) is 4.52. The molecule has 0 saturated carbocycles. The highest BCUT2D eigenvalue weighted by molar-refractivity contribution is 5.98. The zero-order chi connectivity index (χ0) is 16.9. The maximum absolute atomic E-state index is 13.0. The van der Waals surface area contributed by atoms with E-state index < -0.39 is 6.04 Å². The zero-order valence-corrected chi connectivity index (χ0v) is 13.9. The minimum atomic E-state index is -0.647. The molecule has 2 aromatic rings. The predicted molar refractivity (Wildman–Crippen MR) is 92.6 cm³/mol. The summed E-state index contributed by atoms with van der Waals surface area (Å²) < 4.78 is 0. The Balaban J connectivity index is 1.83. The lowest BCUT2D eigenvalue weighted by molar-refractivity contribution is -0.134. The van der Waals surface area contributed by atoms with Gasteiger partial charge in [0, 0.05) is 25.0 Å². The van der Waals surface area contributed by atoms with Gasteiger partial charge in [-0.25, -0.2) is 0 Å². The Morgan fingerprint density at radius 3 is 2.42 bits per heavy atom. The van der Waals surface area contributed by atoms with Gasteiger partial charge < -0.3 is 15.2 Å². The molecule has 0 spiro atoms. The van der Waals surface area contributed by atoms with Crippen molar-refractivity contribution in [2.45, 2.75) is 32.2 Å². The molecule has 1 aliphatic rings. The fourth-order valence-corrected chi connectivity index (χ4v) is 3.14. The van der Waals surface area contributed by atoms with Crippen molar-refractivity contribution in [2.24, 2.45) is 0 Å². The number of likely N-dealkylation sites (tertiary alicyclic amines) is 1. The predicted octanol–water partition coefficient (Wildman–Crippen LogP) is 2.81. The average Bonchev–Trinajstić information content (AvgIpc) is 3.06. The molecule has 126 valence electrons. The summed E-state index contributed by atoms with van der Waals surface area (Å²) in [7, 11) is 0. The van der Waals surface area contributed by atoms with Gasteiger partial charge in [-0.3, -0.25) is 9.59 Å². The number of benzene rings is 1. The van der Waals surface area contributed by atoms with Crippen LogP contribution >= 0.6 is 0 Å². The number of piperidine rings is 1. The van der Waals surface area contributed by atoms with Crippen LogP contribution in [0.1, 0.15) is 46.9 Å². The first-order valence-corrected chi connectivity index (χ1v) is 8.45. The molecule has 24 heavy (non-hydrogen) atoms.